The maximum Gasteiger partial charge on any atom is 0.308 e. The second-order valence-corrected chi connectivity index (χ2v) is 11.3. The molecule has 1 aliphatic carbocycles. The number of phenolic OH excluding ortho intramolecular Hbond substituents is 1. The number of piperazine rings is 1. The van der Waals surface area contributed by atoms with Gasteiger partial charge in [-0.3, -0.25) is 4.79 Å². The van der Waals surface area contributed by atoms with Crippen molar-refractivity contribution < 1.29 is 14.6 Å². The molecule has 10 heteroatoms. The number of anilines is 3. The summed E-state index contributed by atoms with van der Waals surface area (Å²) in [6.45, 7) is 3.90. The topological polar surface area (TPSA) is 131 Å². The number of fused-ring (bicyclic) bond motifs is 2. The maximum atomic E-state index is 12.0. The number of ether oxygens (including phenoxy) is 1. The SMILES string of the molecule is CCOC(=O)C1CCC(Cc2cnc(N3[C@H]4CC[C@H]3CN(c3cc(-c5ccccc5O)nnc3N)C4)nc2)CC1. The minimum atomic E-state index is -0.0397. The minimum absolute atomic E-state index is 0.0397. The third-order valence-corrected chi connectivity index (χ3v) is 8.72. The average Bonchev–Trinajstić information content (AvgIpc) is 3.23. The number of carbonyl (C=O) groups excluding carboxylic acids is 1. The van der Waals surface area contributed by atoms with Crippen LogP contribution in [0.1, 0.15) is 51.0 Å². The van der Waals surface area contributed by atoms with Gasteiger partial charge in [-0.15, -0.1) is 10.2 Å². The third kappa shape index (κ3) is 5.26. The van der Waals surface area contributed by atoms with Gasteiger partial charge in [0.25, 0.3) is 0 Å². The number of benzene rings is 1. The van der Waals surface area contributed by atoms with Crippen LogP contribution in [0.15, 0.2) is 42.7 Å². The standard InChI is InChI=1S/C30H37N7O3/c1-2-40-29(39)21-9-7-19(8-10-21)13-20-15-32-30(33-16-20)37-22-11-12-23(37)18-36(17-22)26-14-25(34-35-28(26)31)24-5-3-4-6-27(24)38/h3-6,14-16,19,21-23,38H,2,7-13,17-18H2,1H3,(H2,31,35)/t19?,21?,22-,23-/m0/s1. The Kier molecular flexibility index (Phi) is 7.40. The van der Waals surface area contributed by atoms with Gasteiger partial charge in [-0.1, -0.05) is 12.1 Å². The Morgan fingerprint density at radius 2 is 1.73 bits per heavy atom. The van der Waals surface area contributed by atoms with E-state index in [2.05, 4.69) is 20.0 Å². The number of rotatable bonds is 7. The highest BCUT2D eigenvalue weighted by molar-refractivity contribution is 5.74. The summed E-state index contributed by atoms with van der Waals surface area (Å²) in [5.74, 6) is 1.92. The molecule has 0 radical (unpaired) electrons. The molecule has 2 bridgehead atoms. The number of carbonyl (C=O) groups is 1. The molecule has 40 heavy (non-hydrogen) atoms. The Bertz CT molecular complexity index is 1330. The Balaban J connectivity index is 1.10. The van der Waals surface area contributed by atoms with Crippen LogP contribution in [0, 0.1) is 11.8 Å². The van der Waals surface area contributed by atoms with Gasteiger partial charge in [-0.05, 0) is 81.5 Å². The summed E-state index contributed by atoms with van der Waals surface area (Å²) in [5, 5.41) is 18.7. The first-order valence-electron chi connectivity index (χ1n) is 14.4. The van der Waals surface area contributed by atoms with E-state index in [0.29, 0.717) is 29.6 Å². The van der Waals surface area contributed by atoms with Gasteiger partial charge in [-0.25, -0.2) is 9.97 Å². The van der Waals surface area contributed by atoms with Gasteiger partial charge in [0.1, 0.15) is 5.75 Å². The minimum Gasteiger partial charge on any atom is -0.507 e. The van der Waals surface area contributed by atoms with E-state index in [1.165, 1.54) is 0 Å². The molecule has 3 fully saturated rings. The highest BCUT2D eigenvalue weighted by atomic mass is 16.5. The van der Waals surface area contributed by atoms with Crippen molar-refractivity contribution in [3.8, 4) is 17.0 Å². The summed E-state index contributed by atoms with van der Waals surface area (Å²) < 4.78 is 5.21. The van der Waals surface area contributed by atoms with E-state index in [1.54, 1.807) is 12.1 Å². The Labute approximate surface area is 234 Å². The van der Waals surface area contributed by atoms with E-state index >= 15 is 0 Å². The molecular formula is C30H37N7O3. The molecule has 2 aliphatic heterocycles. The molecule has 210 valence electrons. The van der Waals surface area contributed by atoms with Gasteiger partial charge in [0, 0.05) is 43.1 Å². The quantitative estimate of drug-likeness (QED) is 0.422. The molecule has 3 N–H and O–H groups in total. The number of nitrogen functional groups attached to an aromatic ring is 1. The lowest BCUT2D eigenvalue weighted by molar-refractivity contribution is -0.149. The molecule has 0 amide bonds. The van der Waals surface area contributed by atoms with Crippen LogP contribution in [-0.2, 0) is 16.0 Å². The lowest BCUT2D eigenvalue weighted by Crippen LogP contribution is -2.54. The fourth-order valence-electron chi connectivity index (χ4n) is 6.68. The molecule has 1 aromatic carbocycles. The average molecular weight is 544 g/mol. The molecule has 0 spiro atoms. The number of para-hydroxylation sites is 1. The van der Waals surface area contributed by atoms with Crippen LogP contribution >= 0.6 is 0 Å². The van der Waals surface area contributed by atoms with Gasteiger partial charge >= 0.3 is 5.97 Å². The zero-order chi connectivity index (χ0) is 27.6. The van der Waals surface area contributed by atoms with Crippen molar-refractivity contribution in [3.05, 3.63) is 48.3 Å². The summed E-state index contributed by atoms with van der Waals surface area (Å²) in [5.41, 5.74) is 9.52. The second kappa shape index (κ2) is 11.3. The van der Waals surface area contributed by atoms with Crippen molar-refractivity contribution in [2.75, 3.05) is 35.2 Å². The van der Waals surface area contributed by atoms with Crippen LogP contribution in [0.25, 0.3) is 11.3 Å². The summed E-state index contributed by atoms with van der Waals surface area (Å²) in [6.07, 6.45) is 10.9. The number of aromatic hydroxyl groups is 1. The third-order valence-electron chi connectivity index (χ3n) is 8.72. The number of phenols is 1. The van der Waals surface area contributed by atoms with Crippen LogP contribution in [0.4, 0.5) is 17.5 Å². The highest BCUT2D eigenvalue weighted by Gasteiger charge is 2.42. The van der Waals surface area contributed by atoms with Crippen LogP contribution in [0.2, 0.25) is 0 Å². The summed E-state index contributed by atoms with van der Waals surface area (Å²) >= 11 is 0. The maximum absolute atomic E-state index is 12.0. The second-order valence-electron chi connectivity index (χ2n) is 11.3. The highest BCUT2D eigenvalue weighted by Crippen LogP contribution is 2.38. The number of nitrogens with zero attached hydrogens (tertiary/aromatic N) is 6. The summed E-state index contributed by atoms with van der Waals surface area (Å²) in [7, 11) is 0. The van der Waals surface area contributed by atoms with E-state index in [0.717, 1.165) is 75.2 Å². The molecule has 3 aliphatic rings. The molecule has 0 unspecified atom stereocenters. The zero-order valence-electron chi connectivity index (χ0n) is 22.9. The predicted octanol–water partition coefficient (Wildman–Crippen LogP) is 3.99. The number of hydrogen-bond acceptors (Lipinski definition) is 10. The Morgan fingerprint density at radius 1 is 1.02 bits per heavy atom. The van der Waals surface area contributed by atoms with E-state index < -0.39 is 0 Å². The number of esters is 1. The Morgan fingerprint density at radius 3 is 2.40 bits per heavy atom. The molecular weight excluding hydrogens is 506 g/mol. The monoisotopic (exact) mass is 543 g/mol. The predicted molar refractivity (Wildman–Crippen MR) is 153 cm³/mol. The van der Waals surface area contributed by atoms with E-state index in [-0.39, 0.29) is 29.7 Å². The van der Waals surface area contributed by atoms with Crippen molar-refractivity contribution in [1.29, 1.82) is 0 Å². The summed E-state index contributed by atoms with van der Waals surface area (Å²) in [4.78, 5) is 26.3. The normalized spacial score (nSPS) is 24.2. The summed E-state index contributed by atoms with van der Waals surface area (Å²) in [6, 6.07) is 9.62. The van der Waals surface area contributed by atoms with Crippen LogP contribution in [0.3, 0.4) is 0 Å². The first-order valence-corrected chi connectivity index (χ1v) is 14.4. The van der Waals surface area contributed by atoms with E-state index in [4.69, 9.17) is 20.4 Å². The van der Waals surface area contributed by atoms with Gasteiger partial charge in [-0.2, -0.15) is 0 Å². The molecule has 4 heterocycles. The molecule has 3 aromatic rings. The number of nitrogens with two attached hydrogens (primary N) is 1. The molecule has 1 saturated carbocycles. The van der Waals surface area contributed by atoms with Crippen molar-refractivity contribution in [2.24, 2.45) is 11.8 Å². The number of aromatic nitrogens is 4. The largest absolute Gasteiger partial charge is 0.507 e. The van der Waals surface area contributed by atoms with Crippen LogP contribution < -0.4 is 15.5 Å². The molecule has 2 atom stereocenters. The van der Waals surface area contributed by atoms with Gasteiger partial charge < -0.3 is 25.4 Å². The lowest BCUT2D eigenvalue weighted by Gasteiger charge is -2.42. The van der Waals surface area contributed by atoms with Gasteiger partial charge in [0.05, 0.1) is 23.9 Å². The molecule has 2 saturated heterocycles. The fraction of sp³-hybridized carbons (Fsp3) is 0.500. The molecule has 6 rings (SSSR count). The number of hydrogen-bond donors (Lipinski definition) is 2. The van der Waals surface area contributed by atoms with Crippen LogP contribution in [-0.4, -0.2) is 63.0 Å². The smallest absolute Gasteiger partial charge is 0.308 e. The van der Waals surface area contributed by atoms with Gasteiger partial charge in [0.2, 0.25) is 5.95 Å². The molecule has 10 nitrogen and oxygen atoms in total. The lowest BCUT2D eigenvalue weighted by atomic mass is 9.79. The van der Waals surface area contributed by atoms with Crippen molar-refractivity contribution in [1.82, 2.24) is 20.2 Å². The van der Waals surface area contributed by atoms with Gasteiger partial charge in [0.15, 0.2) is 5.82 Å². The Hall–Kier alpha value is -3.95. The van der Waals surface area contributed by atoms with Crippen LogP contribution in [0.5, 0.6) is 5.75 Å². The zero-order valence-corrected chi connectivity index (χ0v) is 22.9. The first kappa shape index (κ1) is 26.3. The van der Waals surface area contributed by atoms with E-state index in [9.17, 15) is 9.90 Å². The van der Waals surface area contributed by atoms with E-state index in [1.807, 2.05) is 37.5 Å². The van der Waals surface area contributed by atoms with Crippen molar-refractivity contribution in [2.45, 2.75) is 64.0 Å². The van der Waals surface area contributed by atoms with Crippen molar-refractivity contribution >= 4 is 23.4 Å². The molecule has 2 aromatic heterocycles. The first-order chi connectivity index (χ1) is 19.5. The van der Waals surface area contributed by atoms with Crippen molar-refractivity contribution in [3.63, 3.8) is 0 Å². The fourth-order valence-corrected chi connectivity index (χ4v) is 6.68.